The smallest absolute Gasteiger partial charge is 0.495 e. The number of halogens is 6. The maximum Gasteiger partial charge on any atom is 0.496 e. The predicted octanol–water partition coefficient (Wildman–Crippen LogP) is 20.0. The van der Waals surface area contributed by atoms with Crippen LogP contribution in [0.25, 0.3) is 65.2 Å². The molecule has 0 saturated carbocycles. The number of aryl methyl sites for hydroxylation is 2. The summed E-state index contributed by atoms with van der Waals surface area (Å²) >= 11 is 7.74. The van der Waals surface area contributed by atoms with E-state index in [9.17, 15) is 17.6 Å². The number of hydrogen-bond donors (Lipinski definition) is 0. The maximum atomic E-state index is 14.1. The molecule has 115 heavy (non-hydrogen) atoms. The SMILES string of the molecule is CC1(C)OB(B2OC(C)(C)C(C)(C)O2)OC1(C)C.CC1(C)OB(C2=CCc3ccc(-c4ccccc4F)nc32)OC1(C)C.COc1cnnc(Cl)c1.Cc1cnnc(C2=CCc3ccc(-c4ccccc4F)nc32)c1.Cc1cnnc(C2=CCc3ccc(-c4ccccc4F)nc32)c1.Fc1ccccc1-c1ccc2c(n1)C(I)=CC2. The average molecular weight is 1680 g/mol. The van der Waals surface area contributed by atoms with Gasteiger partial charge in [0.15, 0.2) is 5.15 Å². The topological polar surface area (TPSA) is 194 Å². The predicted molar refractivity (Wildman–Crippen MR) is 453 cm³/mol. The highest BCUT2D eigenvalue weighted by atomic mass is 127. The number of hydrogen-bond acceptors (Lipinski definition) is 17. The van der Waals surface area contributed by atoms with Gasteiger partial charge in [-0.2, -0.15) is 25.5 Å². The monoisotopic (exact) mass is 1680 g/mol. The summed E-state index contributed by atoms with van der Waals surface area (Å²) in [4.78, 5) is 18.7. The molecule has 0 N–H and O–H groups in total. The zero-order valence-electron chi connectivity index (χ0n) is 66.8. The molecule has 0 atom stereocenters. The van der Waals surface area contributed by atoms with Gasteiger partial charge in [0.1, 0.15) is 29.0 Å². The third kappa shape index (κ3) is 18.4. The van der Waals surface area contributed by atoms with Crippen molar-refractivity contribution in [3.8, 4) is 50.8 Å². The van der Waals surface area contributed by atoms with E-state index in [1.54, 1.807) is 74.1 Å². The van der Waals surface area contributed by atoms with Crippen molar-refractivity contribution in [3.63, 3.8) is 0 Å². The van der Waals surface area contributed by atoms with Gasteiger partial charge in [-0.1, -0.05) is 109 Å². The molecule has 11 aromatic rings. The number of benzene rings is 4. The Morgan fingerprint density at radius 1 is 0.374 bits per heavy atom. The van der Waals surface area contributed by atoms with Gasteiger partial charge in [-0.25, -0.2) is 37.5 Å². The van der Waals surface area contributed by atoms with Crippen LogP contribution in [0.15, 0.2) is 207 Å². The number of ether oxygens (including phenoxy) is 1. The number of rotatable bonds is 9. The fourth-order valence-electron chi connectivity index (χ4n) is 13.3. The van der Waals surface area contributed by atoms with Crippen LogP contribution in [0, 0.1) is 37.1 Å². The van der Waals surface area contributed by atoms with Crippen molar-refractivity contribution in [2.45, 2.75) is 156 Å². The minimum Gasteiger partial charge on any atom is -0.495 e. The summed E-state index contributed by atoms with van der Waals surface area (Å²) in [6.07, 6.45) is 16.7. The molecule has 0 radical (unpaired) electrons. The van der Waals surface area contributed by atoms with Gasteiger partial charge in [0, 0.05) is 48.5 Å². The minimum absolute atomic E-state index is 0.225. The highest BCUT2D eigenvalue weighted by Crippen LogP contribution is 2.46. The minimum atomic E-state index is -0.476. The first-order valence-electron chi connectivity index (χ1n) is 37.8. The summed E-state index contributed by atoms with van der Waals surface area (Å²) in [5.74, 6) is -0.404. The van der Waals surface area contributed by atoms with Gasteiger partial charge >= 0.3 is 21.1 Å². The van der Waals surface area contributed by atoms with Crippen LogP contribution in [-0.2, 0) is 53.6 Å². The lowest BCUT2D eigenvalue weighted by atomic mass is 9.49. The Labute approximate surface area is 688 Å². The summed E-state index contributed by atoms with van der Waals surface area (Å²) < 4.78 is 98.0. The lowest BCUT2D eigenvalue weighted by Gasteiger charge is -2.32. The summed E-state index contributed by atoms with van der Waals surface area (Å²) in [5, 5.41) is 23.9. The second-order valence-corrected chi connectivity index (χ2v) is 33.0. The highest BCUT2D eigenvalue weighted by molar-refractivity contribution is 14.1. The van der Waals surface area contributed by atoms with Crippen LogP contribution in [-0.4, -0.2) is 112 Å². The van der Waals surface area contributed by atoms with Crippen molar-refractivity contribution in [2.75, 3.05) is 7.11 Å². The largest absolute Gasteiger partial charge is 0.496 e. The van der Waals surface area contributed by atoms with Crippen LogP contribution >= 0.6 is 34.2 Å². The second-order valence-electron chi connectivity index (χ2n) is 31.5. The molecule has 26 heteroatoms. The number of nitrogens with zero attached hydrogens (tertiary/aromatic N) is 10. The van der Waals surface area contributed by atoms with E-state index in [1.807, 2.05) is 182 Å². The fraction of sp³-hybridized carbons (Fsp3) is 0.281. The molecule has 10 heterocycles. The van der Waals surface area contributed by atoms with E-state index in [0.717, 1.165) is 108 Å². The number of pyridine rings is 4. The van der Waals surface area contributed by atoms with Gasteiger partial charge in [-0.3, -0.25) is 0 Å². The van der Waals surface area contributed by atoms with Crippen molar-refractivity contribution in [2.24, 2.45) is 0 Å². The normalized spacial score (nSPS) is 17.3. The molecule has 0 amide bonds. The van der Waals surface area contributed by atoms with Gasteiger partial charge in [0.05, 0.1) is 116 Å². The quantitative estimate of drug-likeness (QED) is 0.0751. The first-order chi connectivity index (χ1) is 54.7. The third-order valence-corrected chi connectivity index (χ3v) is 23.0. The molecule has 17 nitrogen and oxygen atoms in total. The van der Waals surface area contributed by atoms with Gasteiger partial charge in [0.25, 0.3) is 0 Å². The molecule has 0 unspecified atom stereocenters. The molecule has 7 aromatic heterocycles. The zero-order valence-corrected chi connectivity index (χ0v) is 69.7. The van der Waals surface area contributed by atoms with Gasteiger partial charge in [-0.15, -0.1) is 5.10 Å². The number of methoxy groups -OCH3 is 1. The average Bonchev–Trinajstić information content (AvgIpc) is 1.59. The molecule has 18 rings (SSSR count). The van der Waals surface area contributed by atoms with Crippen LogP contribution in [0.5, 0.6) is 5.75 Å². The summed E-state index contributed by atoms with van der Waals surface area (Å²) in [7, 11) is 0.148. The summed E-state index contributed by atoms with van der Waals surface area (Å²) in [5.41, 5.74) is 17.2. The third-order valence-electron chi connectivity index (χ3n) is 21.9. The lowest BCUT2D eigenvalue weighted by molar-refractivity contribution is 0.00578. The van der Waals surface area contributed by atoms with Crippen molar-refractivity contribution in [1.82, 2.24) is 50.5 Å². The van der Waals surface area contributed by atoms with E-state index >= 15 is 0 Å². The Balaban J connectivity index is 0.000000123. The molecular formula is C89H87B3ClF4IN10O7. The van der Waals surface area contributed by atoms with Crippen molar-refractivity contribution in [3.05, 3.63) is 303 Å². The fourth-order valence-corrected chi connectivity index (χ4v) is 14.1. The molecule has 0 bridgehead atoms. The Kier molecular flexibility index (Phi) is 24.7. The van der Waals surface area contributed by atoms with E-state index in [2.05, 4.69) is 82.5 Å². The van der Waals surface area contributed by atoms with E-state index in [4.69, 9.17) is 59.2 Å². The van der Waals surface area contributed by atoms with E-state index in [0.29, 0.717) is 55.9 Å². The van der Waals surface area contributed by atoms with E-state index in [1.165, 1.54) is 36.0 Å². The molecule has 3 aliphatic heterocycles. The molecule has 586 valence electrons. The number of fused-ring (bicyclic) bond motifs is 4. The van der Waals surface area contributed by atoms with Gasteiger partial charge in [0.2, 0.25) is 0 Å². The highest BCUT2D eigenvalue weighted by Gasteiger charge is 2.64. The first kappa shape index (κ1) is 83.1. The Bertz CT molecular complexity index is 5380. The van der Waals surface area contributed by atoms with Crippen LogP contribution < -0.4 is 4.74 Å². The van der Waals surface area contributed by atoms with Gasteiger partial charge < -0.3 is 32.7 Å². The van der Waals surface area contributed by atoms with Crippen LogP contribution in [0.2, 0.25) is 5.15 Å². The van der Waals surface area contributed by atoms with Crippen molar-refractivity contribution >= 4 is 75.5 Å². The van der Waals surface area contributed by atoms with Gasteiger partial charge in [-0.05, 0) is 264 Å². The molecule has 4 aliphatic carbocycles. The zero-order chi connectivity index (χ0) is 81.9. The maximum absolute atomic E-state index is 14.1. The first-order valence-corrected chi connectivity index (χ1v) is 39.3. The standard InChI is InChI=1S/C20H21BFNO2.2C19H14FN3.C14H9FIN.C12H24B2O4.C5H5ClN2O/c1-19(2)20(3,4)25-21(24-19)15-11-9-13-10-12-17(23-18(13)15)14-7-5-6-8-16(14)22;2*1-12-10-18(23-21-11-12)15-8-6-13-7-9-17(22-19(13)15)14-4-2-3-5-16(14)20;15-11-4-2-1-3-10(11)13-8-6-9-5-7-12(16)14(9)17-13;1-9(2)10(3,4)16-13(15-9)14-17-11(5,6)12(7,8)18-14;1-9-4-2-5(6)8-7-3-4/h5-8,10-12H,9H2,1-4H3;2*2-5,7-11H,6H2,1H3;1-4,6-8H,5H2;1-8H3;2-3H,1H3. The van der Waals surface area contributed by atoms with Crippen LogP contribution in [0.1, 0.15) is 151 Å². The molecule has 3 fully saturated rings. The molecule has 4 aromatic carbocycles. The summed E-state index contributed by atoms with van der Waals surface area (Å²) in [6, 6.07) is 48.0. The Morgan fingerprint density at radius 3 is 1.05 bits per heavy atom. The Hall–Kier alpha value is -9.83. The molecular weight excluding hydrogens is 1590 g/mol. The molecule has 0 spiro atoms. The Morgan fingerprint density at radius 2 is 0.696 bits per heavy atom. The molecule has 3 saturated heterocycles. The lowest BCUT2D eigenvalue weighted by Crippen LogP contribution is -2.41. The summed E-state index contributed by atoms with van der Waals surface area (Å²) in [6.45, 7) is 28.3. The molecule has 7 aliphatic rings. The van der Waals surface area contributed by atoms with E-state index in [-0.39, 0.29) is 45.7 Å². The second kappa shape index (κ2) is 34.2. The number of aromatic nitrogens is 10. The van der Waals surface area contributed by atoms with Crippen molar-refractivity contribution < 1.29 is 50.2 Å². The van der Waals surface area contributed by atoms with Crippen LogP contribution in [0.4, 0.5) is 17.6 Å². The van der Waals surface area contributed by atoms with Crippen molar-refractivity contribution in [1.29, 1.82) is 0 Å². The van der Waals surface area contributed by atoms with E-state index < -0.39 is 32.3 Å². The van der Waals surface area contributed by atoms with Crippen LogP contribution in [0.3, 0.4) is 0 Å². The number of allylic oxidation sites excluding steroid dienone is 4.